The lowest BCUT2D eigenvalue weighted by molar-refractivity contribution is 0.719. The number of benzene rings is 1. The van der Waals surface area contributed by atoms with Gasteiger partial charge in [-0.05, 0) is 42.2 Å². The van der Waals surface area contributed by atoms with Gasteiger partial charge in [-0.25, -0.2) is 0 Å². The Hall–Kier alpha value is -1.00. The molecule has 0 saturated heterocycles. The summed E-state index contributed by atoms with van der Waals surface area (Å²) in [5.74, 6) is 2.27. The quantitative estimate of drug-likeness (QED) is 0.802. The molecule has 5 heteroatoms. The van der Waals surface area contributed by atoms with Gasteiger partial charge in [-0.2, -0.15) is 10.0 Å². The van der Waals surface area contributed by atoms with E-state index < -0.39 is 10.0 Å². The van der Waals surface area contributed by atoms with Crippen LogP contribution in [0, 0.1) is 0 Å². The van der Waals surface area contributed by atoms with Gasteiger partial charge in [-0.15, -0.1) is 24.8 Å². The highest BCUT2D eigenvalue weighted by molar-refractivity contribution is 8.35. The third kappa shape index (κ3) is 4.51. The lowest BCUT2D eigenvalue weighted by Crippen LogP contribution is -2.19. The van der Waals surface area contributed by atoms with Crippen molar-refractivity contribution in [3.05, 3.63) is 65.3 Å². The second kappa shape index (κ2) is 8.74. The number of aromatic nitrogens is 1. The van der Waals surface area contributed by atoms with Gasteiger partial charge >= 0.3 is 0 Å². The average molecular weight is 371 g/mol. The number of hydrogen-bond donors (Lipinski definition) is 1. The fourth-order valence-corrected chi connectivity index (χ4v) is 6.62. The van der Waals surface area contributed by atoms with Gasteiger partial charge < -0.3 is 5.73 Å². The molecule has 3 rings (SSSR count). The van der Waals surface area contributed by atoms with Crippen LogP contribution in [-0.4, -0.2) is 16.8 Å². The summed E-state index contributed by atoms with van der Waals surface area (Å²) in [6, 6.07) is 13.2. The minimum atomic E-state index is -0.969. The molecule has 2 aromatic rings. The monoisotopic (exact) mass is 370 g/mol. The van der Waals surface area contributed by atoms with E-state index in [2.05, 4.69) is 59.8 Å². The maximum Gasteiger partial charge on any atom is 0.0351 e. The highest BCUT2D eigenvalue weighted by Crippen LogP contribution is 2.64. The van der Waals surface area contributed by atoms with Crippen LogP contribution < -0.4 is 5.73 Å². The van der Waals surface area contributed by atoms with Crippen molar-refractivity contribution < 1.29 is 0 Å². The number of nitrogens with zero attached hydrogens (tertiary/aromatic N) is 1. The fraction of sp³-hybridized carbons (Fsp3) is 0.278. The molecule has 2 unspecified atom stereocenters. The molecule has 0 amide bonds. The molecule has 2 nitrogen and oxygen atoms in total. The maximum atomic E-state index is 6.02. The molecule has 0 radical (unpaired) electrons. The summed E-state index contributed by atoms with van der Waals surface area (Å²) in [6.07, 6.45) is 7.22. The molecule has 0 saturated carbocycles. The van der Waals surface area contributed by atoms with Crippen LogP contribution in [0.25, 0.3) is 6.08 Å². The van der Waals surface area contributed by atoms with Crippen LogP contribution in [0.2, 0.25) is 0 Å². The van der Waals surface area contributed by atoms with Crippen LogP contribution in [0.4, 0.5) is 0 Å². The molecule has 2 atom stereocenters. The van der Waals surface area contributed by atoms with Crippen molar-refractivity contribution in [2.45, 2.75) is 30.0 Å². The number of pyridine rings is 1. The van der Waals surface area contributed by atoms with Crippen LogP contribution in [0.1, 0.15) is 24.5 Å². The minimum Gasteiger partial charge on any atom is -0.328 e. The van der Waals surface area contributed by atoms with Crippen LogP contribution in [0.15, 0.2) is 59.1 Å². The van der Waals surface area contributed by atoms with Crippen molar-refractivity contribution in [1.82, 2.24) is 4.98 Å². The van der Waals surface area contributed by atoms with Crippen molar-refractivity contribution >= 4 is 40.9 Å². The van der Waals surface area contributed by atoms with Crippen molar-refractivity contribution in [2.75, 3.05) is 5.75 Å². The first-order valence-corrected chi connectivity index (χ1v) is 9.43. The Balaban J connectivity index is 0.00000132. The molecule has 1 aromatic heterocycles. The summed E-state index contributed by atoms with van der Waals surface area (Å²) in [7, 11) is -0.969. The summed E-state index contributed by atoms with van der Waals surface area (Å²) < 4.78 is 0. The van der Waals surface area contributed by atoms with Crippen LogP contribution in [0.3, 0.4) is 0 Å². The average Bonchev–Trinajstić information content (AvgIpc) is 2.86. The highest BCUT2D eigenvalue weighted by Gasteiger charge is 2.30. The van der Waals surface area contributed by atoms with E-state index in [4.69, 9.17) is 5.73 Å². The molecule has 1 aliphatic rings. The van der Waals surface area contributed by atoms with Gasteiger partial charge in [0, 0.05) is 34.6 Å². The largest absolute Gasteiger partial charge is 0.328 e. The molecule has 0 bridgehead atoms. The Morgan fingerprint density at radius 2 is 1.87 bits per heavy atom. The summed E-state index contributed by atoms with van der Waals surface area (Å²) in [5.41, 5.74) is 8.71. The first-order chi connectivity index (χ1) is 10.2. The summed E-state index contributed by atoms with van der Waals surface area (Å²) in [6.45, 7) is 2.10. The van der Waals surface area contributed by atoms with E-state index in [-0.39, 0.29) is 30.9 Å². The third-order valence-corrected chi connectivity index (χ3v) is 7.68. The van der Waals surface area contributed by atoms with Crippen molar-refractivity contribution in [3.63, 3.8) is 0 Å². The van der Waals surface area contributed by atoms with Gasteiger partial charge in [-0.1, -0.05) is 30.3 Å². The predicted octanol–water partition coefficient (Wildman–Crippen LogP) is 5.01. The predicted molar refractivity (Wildman–Crippen MR) is 107 cm³/mol. The Kier molecular flexibility index (Phi) is 7.62. The zero-order valence-electron chi connectivity index (χ0n) is 13.2. The SMILES string of the molecule is CC(N)CCS1(Cc2ccccc2)C=Cc2cnccc21.Cl.Cl. The van der Waals surface area contributed by atoms with E-state index >= 15 is 0 Å². The molecule has 23 heavy (non-hydrogen) atoms. The standard InChI is InChI=1S/C18H22N2S.2ClH/c1-15(19)8-11-21(14-16-5-3-2-4-6-16)12-9-17-13-20-10-7-18(17)21;;/h2-7,9-10,12-13,15H,8,11,14,19H2,1H3;2*1H. The van der Waals surface area contributed by atoms with Gasteiger partial charge in [0.2, 0.25) is 0 Å². The Labute approximate surface area is 152 Å². The second-order valence-corrected chi connectivity index (χ2v) is 9.06. The summed E-state index contributed by atoms with van der Waals surface area (Å²) >= 11 is 0. The maximum absolute atomic E-state index is 6.02. The topological polar surface area (TPSA) is 38.9 Å². The second-order valence-electron chi connectivity index (χ2n) is 5.76. The normalized spacial score (nSPS) is 22.2. The summed E-state index contributed by atoms with van der Waals surface area (Å²) in [5, 5.41) is 2.44. The minimum absolute atomic E-state index is 0. The highest BCUT2D eigenvalue weighted by atomic mass is 35.5. The summed E-state index contributed by atoms with van der Waals surface area (Å²) in [4.78, 5) is 5.74. The van der Waals surface area contributed by atoms with Crippen molar-refractivity contribution in [2.24, 2.45) is 5.73 Å². The van der Waals surface area contributed by atoms with E-state index in [1.807, 2.05) is 12.4 Å². The van der Waals surface area contributed by atoms with Gasteiger partial charge in [-0.3, -0.25) is 4.98 Å². The molecule has 1 aromatic carbocycles. The third-order valence-electron chi connectivity index (χ3n) is 3.96. The van der Waals surface area contributed by atoms with Gasteiger partial charge in [0.15, 0.2) is 0 Å². The molecular formula is C18H24Cl2N2S. The van der Waals surface area contributed by atoms with Crippen LogP contribution >= 0.6 is 34.8 Å². The fourth-order valence-electron chi connectivity index (χ4n) is 2.81. The van der Waals surface area contributed by atoms with E-state index in [1.54, 1.807) is 0 Å². The molecule has 1 aliphatic heterocycles. The van der Waals surface area contributed by atoms with Gasteiger partial charge in [0.25, 0.3) is 0 Å². The van der Waals surface area contributed by atoms with Crippen molar-refractivity contribution in [1.29, 1.82) is 0 Å². The molecule has 0 spiro atoms. The lowest BCUT2D eigenvalue weighted by atomic mass is 10.2. The zero-order valence-corrected chi connectivity index (χ0v) is 15.7. The number of hydrogen-bond acceptors (Lipinski definition) is 2. The van der Waals surface area contributed by atoms with Gasteiger partial charge in [0.1, 0.15) is 0 Å². The molecule has 2 N–H and O–H groups in total. The van der Waals surface area contributed by atoms with Crippen LogP contribution in [-0.2, 0) is 5.75 Å². The van der Waals surface area contributed by atoms with Crippen molar-refractivity contribution in [3.8, 4) is 0 Å². The molecular weight excluding hydrogens is 347 g/mol. The smallest absolute Gasteiger partial charge is 0.0351 e. The molecule has 2 heterocycles. The van der Waals surface area contributed by atoms with E-state index in [1.165, 1.54) is 16.0 Å². The molecule has 126 valence electrons. The first-order valence-electron chi connectivity index (χ1n) is 7.40. The Bertz CT molecular complexity index is 646. The van der Waals surface area contributed by atoms with Gasteiger partial charge in [0.05, 0.1) is 0 Å². The Morgan fingerprint density at radius 1 is 1.13 bits per heavy atom. The van der Waals surface area contributed by atoms with E-state index in [0.717, 1.165) is 17.9 Å². The zero-order chi connectivity index (χ0) is 14.7. The number of halogens is 2. The number of fused-ring (bicyclic) bond motifs is 1. The number of rotatable bonds is 5. The number of nitrogens with two attached hydrogens (primary N) is 1. The van der Waals surface area contributed by atoms with E-state index in [0.29, 0.717) is 0 Å². The molecule has 0 aliphatic carbocycles. The lowest BCUT2D eigenvalue weighted by Gasteiger charge is -2.36. The first kappa shape index (κ1) is 20.0. The van der Waals surface area contributed by atoms with Crippen LogP contribution in [0.5, 0.6) is 0 Å². The molecule has 0 fully saturated rings. The van der Waals surface area contributed by atoms with E-state index in [9.17, 15) is 0 Å². The Morgan fingerprint density at radius 3 is 2.57 bits per heavy atom.